The second-order valence-corrected chi connectivity index (χ2v) is 7.84. The lowest BCUT2D eigenvalue weighted by molar-refractivity contribution is 0.0942. The van der Waals surface area contributed by atoms with Gasteiger partial charge in [-0.25, -0.2) is 0 Å². The van der Waals surface area contributed by atoms with Gasteiger partial charge in [0.25, 0.3) is 11.8 Å². The lowest BCUT2D eigenvalue weighted by Gasteiger charge is -2.35. The zero-order valence-corrected chi connectivity index (χ0v) is 17.3. The summed E-state index contributed by atoms with van der Waals surface area (Å²) in [6.07, 6.45) is 4.94. The van der Waals surface area contributed by atoms with Crippen molar-refractivity contribution in [3.05, 3.63) is 54.0 Å². The molecule has 1 aliphatic carbocycles. The molecule has 1 saturated carbocycles. The van der Waals surface area contributed by atoms with E-state index in [0.717, 1.165) is 6.42 Å². The van der Waals surface area contributed by atoms with Crippen LogP contribution in [0, 0.1) is 11.8 Å². The Labute approximate surface area is 175 Å². The number of hydrogen-bond donors (Lipinski definition) is 4. The Morgan fingerprint density at radius 2 is 1.79 bits per heavy atom. The molecule has 8 heteroatoms. The van der Waals surface area contributed by atoms with E-state index in [2.05, 4.69) is 35.3 Å². The summed E-state index contributed by atoms with van der Waals surface area (Å²) in [6, 6.07) is 10.1. The molecular formula is C21H26N4O3S. The highest BCUT2D eigenvalue weighted by molar-refractivity contribution is 7.80. The molecule has 1 heterocycles. The van der Waals surface area contributed by atoms with E-state index >= 15 is 0 Å². The number of carbonyl (C=O) groups is 2. The van der Waals surface area contributed by atoms with Gasteiger partial charge in [0.15, 0.2) is 10.9 Å². The van der Waals surface area contributed by atoms with Gasteiger partial charge in [-0.2, -0.15) is 0 Å². The van der Waals surface area contributed by atoms with Crippen LogP contribution in [0.25, 0.3) is 0 Å². The zero-order valence-electron chi connectivity index (χ0n) is 16.5. The molecular weight excluding hydrogens is 388 g/mol. The smallest absolute Gasteiger partial charge is 0.291 e. The van der Waals surface area contributed by atoms with E-state index in [1.54, 1.807) is 36.4 Å². The fourth-order valence-corrected chi connectivity index (χ4v) is 3.68. The Kier molecular flexibility index (Phi) is 6.87. The van der Waals surface area contributed by atoms with E-state index in [-0.39, 0.29) is 17.6 Å². The third-order valence-corrected chi connectivity index (χ3v) is 5.68. The number of amides is 2. The van der Waals surface area contributed by atoms with E-state index < -0.39 is 0 Å². The summed E-state index contributed by atoms with van der Waals surface area (Å²) < 4.78 is 5.05. The summed E-state index contributed by atoms with van der Waals surface area (Å²) in [7, 11) is 0. The van der Waals surface area contributed by atoms with Gasteiger partial charge in [-0.1, -0.05) is 26.7 Å². The Balaban J connectivity index is 1.46. The highest BCUT2D eigenvalue weighted by atomic mass is 32.1. The van der Waals surface area contributed by atoms with Crippen LogP contribution >= 0.6 is 12.2 Å². The van der Waals surface area contributed by atoms with Crippen LogP contribution in [-0.4, -0.2) is 23.0 Å². The zero-order chi connectivity index (χ0) is 20.8. The van der Waals surface area contributed by atoms with Gasteiger partial charge in [0.1, 0.15) is 0 Å². The van der Waals surface area contributed by atoms with Crippen molar-refractivity contribution in [2.75, 3.05) is 5.32 Å². The van der Waals surface area contributed by atoms with Crippen LogP contribution in [0.4, 0.5) is 5.69 Å². The molecule has 7 nitrogen and oxygen atoms in total. The van der Waals surface area contributed by atoms with Crippen LogP contribution in [0.2, 0.25) is 0 Å². The Morgan fingerprint density at radius 3 is 2.48 bits per heavy atom. The summed E-state index contributed by atoms with van der Waals surface area (Å²) in [5.74, 6) is 0.743. The third-order valence-electron chi connectivity index (χ3n) is 5.46. The van der Waals surface area contributed by atoms with E-state index in [4.69, 9.17) is 16.6 Å². The van der Waals surface area contributed by atoms with Gasteiger partial charge in [0, 0.05) is 17.3 Å². The molecule has 0 aliphatic heterocycles. The predicted octanol–water partition coefficient (Wildman–Crippen LogP) is 3.47. The molecule has 0 saturated heterocycles. The molecule has 3 rings (SSSR count). The Morgan fingerprint density at radius 1 is 1.03 bits per heavy atom. The van der Waals surface area contributed by atoms with Gasteiger partial charge >= 0.3 is 0 Å². The normalized spacial score (nSPS) is 21.1. The van der Waals surface area contributed by atoms with Crippen molar-refractivity contribution < 1.29 is 14.0 Å². The molecule has 0 radical (unpaired) electrons. The minimum atomic E-state index is -0.350. The molecule has 0 unspecified atom stereocenters. The number of nitrogens with one attached hydrogen (secondary N) is 4. The first-order valence-electron chi connectivity index (χ1n) is 9.76. The summed E-state index contributed by atoms with van der Waals surface area (Å²) >= 11 is 5.31. The van der Waals surface area contributed by atoms with Crippen LogP contribution in [0.3, 0.4) is 0 Å². The topological polar surface area (TPSA) is 95.4 Å². The quantitative estimate of drug-likeness (QED) is 0.452. The maximum atomic E-state index is 12.3. The fourth-order valence-electron chi connectivity index (χ4n) is 3.48. The lowest BCUT2D eigenvalue weighted by Crippen LogP contribution is -2.52. The SMILES string of the molecule is C[C@@H]1[C@@H](C)CCC[C@H]1NC(=S)NNC(=O)c1ccc(NC(=O)c2ccco2)cc1. The molecule has 3 atom stereocenters. The predicted molar refractivity (Wildman–Crippen MR) is 115 cm³/mol. The fraction of sp³-hybridized carbons (Fsp3) is 0.381. The van der Waals surface area contributed by atoms with Crippen molar-refractivity contribution in [1.29, 1.82) is 0 Å². The molecule has 2 amide bonds. The van der Waals surface area contributed by atoms with E-state index in [9.17, 15) is 9.59 Å². The van der Waals surface area contributed by atoms with Gasteiger partial charge in [0.05, 0.1) is 6.26 Å². The molecule has 154 valence electrons. The third kappa shape index (κ3) is 5.57. The first-order chi connectivity index (χ1) is 13.9. The van der Waals surface area contributed by atoms with Crippen LogP contribution < -0.4 is 21.5 Å². The van der Waals surface area contributed by atoms with Gasteiger partial charge in [-0.3, -0.25) is 20.4 Å². The Bertz CT molecular complexity index is 851. The van der Waals surface area contributed by atoms with Crippen molar-refractivity contribution in [2.24, 2.45) is 11.8 Å². The van der Waals surface area contributed by atoms with Gasteiger partial charge in [-0.15, -0.1) is 0 Å². The Hall–Kier alpha value is -2.87. The number of anilines is 1. The molecule has 2 aromatic rings. The van der Waals surface area contributed by atoms with E-state index in [0.29, 0.717) is 34.2 Å². The number of furan rings is 1. The van der Waals surface area contributed by atoms with Gasteiger partial charge in [0.2, 0.25) is 0 Å². The van der Waals surface area contributed by atoms with E-state index in [1.807, 2.05) is 0 Å². The average molecular weight is 415 g/mol. The highest BCUT2D eigenvalue weighted by Gasteiger charge is 2.27. The van der Waals surface area contributed by atoms with Crippen LogP contribution in [0.5, 0.6) is 0 Å². The number of carbonyl (C=O) groups excluding carboxylic acids is 2. The molecule has 1 fully saturated rings. The van der Waals surface area contributed by atoms with Crippen LogP contribution in [-0.2, 0) is 0 Å². The maximum Gasteiger partial charge on any atom is 0.291 e. The van der Waals surface area contributed by atoms with Gasteiger partial charge in [-0.05, 0) is 66.9 Å². The second kappa shape index (κ2) is 9.56. The summed E-state index contributed by atoms with van der Waals surface area (Å²) in [4.78, 5) is 24.3. The number of thiocarbonyl (C=S) groups is 1. The number of rotatable bonds is 4. The molecule has 1 aromatic carbocycles. The number of hydrazine groups is 1. The molecule has 4 N–H and O–H groups in total. The number of benzene rings is 1. The van der Waals surface area contributed by atoms with Crippen molar-refractivity contribution in [3.63, 3.8) is 0 Å². The van der Waals surface area contributed by atoms with Crippen molar-refractivity contribution in [3.8, 4) is 0 Å². The minimum Gasteiger partial charge on any atom is -0.459 e. The summed E-state index contributed by atoms with van der Waals surface area (Å²) in [5, 5.41) is 6.41. The molecule has 0 bridgehead atoms. The average Bonchev–Trinajstić information content (AvgIpc) is 3.25. The summed E-state index contributed by atoms with van der Waals surface area (Å²) in [6.45, 7) is 4.49. The molecule has 0 spiro atoms. The van der Waals surface area contributed by atoms with Crippen LogP contribution in [0.1, 0.15) is 54.0 Å². The molecule has 1 aliphatic rings. The first-order valence-corrected chi connectivity index (χ1v) is 10.2. The maximum absolute atomic E-state index is 12.3. The minimum absolute atomic E-state index is 0.221. The molecule has 1 aromatic heterocycles. The van der Waals surface area contributed by atoms with Crippen molar-refractivity contribution >= 4 is 34.8 Å². The van der Waals surface area contributed by atoms with Crippen molar-refractivity contribution in [2.45, 2.75) is 39.2 Å². The van der Waals surface area contributed by atoms with Crippen molar-refractivity contribution in [1.82, 2.24) is 16.2 Å². The monoisotopic (exact) mass is 414 g/mol. The van der Waals surface area contributed by atoms with E-state index in [1.165, 1.54) is 19.1 Å². The first kappa shape index (κ1) is 20.9. The largest absolute Gasteiger partial charge is 0.459 e. The standard InChI is InChI=1S/C21H26N4O3S/c1-13-5-3-6-17(14(13)2)23-21(29)25-24-19(26)15-8-10-16(11-9-15)22-20(27)18-7-4-12-28-18/h4,7-14,17H,3,5-6H2,1-2H3,(H,22,27)(H,24,26)(H2,23,25,29)/t13-,14+,17+/m0/s1. The van der Waals surface area contributed by atoms with Crippen LogP contribution in [0.15, 0.2) is 47.1 Å². The summed E-state index contributed by atoms with van der Waals surface area (Å²) in [5.41, 5.74) is 6.37. The second-order valence-electron chi connectivity index (χ2n) is 7.44. The lowest BCUT2D eigenvalue weighted by atomic mass is 9.78. The highest BCUT2D eigenvalue weighted by Crippen LogP contribution is 2.29. The molecule has 29 heavy (non-hydrogen) atoms. The van der Waals surface area contributed by atoms with Gasteiger partial charge < -0.3 is 15.1 Å². The number of hydrogen-bond acceptors (Lipinski definition) is 4.